The summed E-state index contributed by atoms with van der Waals surface area (Å²) < 4.78 is 30.8. The van der Waals surface area contributed by atoms with E-state index in [1.807, 2.05) is 33.3 Å². The lowest BCUT2D eigenvalue weighted by Gasteiger charge is -2.27. The summed E-state index contributed by atoms with van der Waals surface area (Å²) in [4.78, 5) is 37.9. The molecule has 0 aliphatic carbocycles. The molecule has 0 radical (unpaired) electrons. The number of ether oxygens (including phenoxy) is 1. The van der Waals surface area contributed by atoms with E-state index in [4.69, 9.17) is 13.8 Å². The summed E-state index contributed by atoms with van der Waals surface area (Å²) in [5, 5.41) is 3.06. The van der Waals surface area contributed by atoms with Crippen molar-refractivity contribution in [3.63, 3.8) is 0 Å². The number of hydrogen-bond acceptors (Lipinski definition) is 6. The van der Waals surface area contributed by atoms with Crippen LogP contribution in [0.25, 0.3) is 0 Å². The summed E-state index contributed by atoms with van der Waals surface area (Å²) in [6.07, 6.45) is 89.2. The Labute approximate surface area is 524 Å². The minimum absolute atomic E-state index is 0.0303. The first kappa shape index (κ1) is 81.4. The Balaban J connectivity index is 5.09. The number of rotatable bonds is 62. The highest BCUT2D eigenvalue weighted by Gasteiger charge is 2.30. The molecule has 0 saturated heterocycles. The first-order valence-electron chi connectivity index (χ1n) is 34.9. The van der Waals surface area contributed by atoms with Crippen LogP contribution in [0.15, 0.2) is 122 Å². The van der Waals surface area contributed by atoms with Gasteiger partial charge in [0.2, 0.25) is 5.91 Å². The molecule has 0 fully saturated rings. The highest BCUT2D eigenvalue weighted by Crippen LogP contribution is 2.43. The van der Waals surface area contributed by atoms with Gasteiger partial charge in [-0.1, -0.05) is 277 Å². The van der Waals surface area contributed by atoms with Crippen molar-refractivity contribution in [1.82, 2.24) is 5.32 Å². The van der Waals surface area contributed by atoms with Gasteiger partial charge in [-0.2, -0.15) is 0 Å². The Morgan fingerprint density at radius 1 is 0.424 bits per heavy atom. The number of nitrogens with zero attached hydrogens (tertiary/aromatic N) is 1. The predicted molar refractivity (Wildman–Crippen MR) is 369 cm³/mol. The minimum atomic E-state index is -4.47. The fraction of sp³-hybridized carbons (Fsp3) is 0.707. The number of phosphoric acid groups is 1. The van der Waals surface area contributed by atoms with Crippen LogP contribution < -0.4 is 5.32 Å². The van der Waals surface area contributed by atoms with Gasteiger partial charge in [0.05, 0.1) is 33.8 Å². The summed E-state index contributed by atoms with van der Waals surface area (Å²) in [7, 11) is 1.47. The maximum absolute atomic E-state index is 13.6. The molecule has 0 rings (SSSR count). The van der Waals surface area contributed by atoms with Crippen molar-refractivity contribution in [3.8, 4) is 0 Å². The van der Waals surface area contributed by atoms with Crippen molar-refractivity contribution in [1.29, 1.82) is 0 Å². The number of hydrogen-bond donors (Lipinski definition) is 2. The Morgan fingerprint density at radius 2 is 0.753 bits per heavy atom. The second-order valence-electron chi connectivity index (χ2n) is 24.3. The number of allylic oxidation sites excluding steroid dienone is 19. The average Bonchev–Trinajstić information content (AvgIpc) is 3.63. The van der Waals surface area contributed by atoms with E-state index in [2.05, 4.69) is 135 Å². The molecule has 0 saturated carbocycles. The number of likely N-dealkylation sites (N-methyl/N-ethyl adjacent to an activating group) is 1. The smallest absolute Gasteiger partial charge is 0.456 e. The fourth-order valence-corrected chi connectivity index (χ4v) is 10.3. The van der Waals surface area contributed by atoms with Crippen LogP contribution in [0.2, 0.25) is 0 Å². The van der Waals surface area contributed by atoms with E-state index >= 15 is 0 Å². The van der Waals surface area contributed by atoms with Crippen molar-refractivity contribution in [3.05, 3.63) is 122 Å². The molecule has 0 aromatic heterocycles. The number of carbonyl (C=O) groups is 2. The quantitative estimate of drug-likeness (QED) is 0.0205. The first-order chi connectivity index (χ1) is 41.4. The Hall–Kier alpha value is -3.59. The normalized spacial score (nSPS) is 14.3. The van der Waals surface area contributed by atoms with Gasteiger partial charge in [-0.05, 0) is 122 Å². The van der Waals surface area contributed by atoms with Crippen LogP contribution in [-0.4, -0.2) is 74.3 Å². The zero-order chi connectivity index (χ0) is 62.1. The molecule has 0 spiro atoms. The zero-order valence-corrected chi connectivity index (χ0v) is 56.7. The van der Waals surface area contributed by atoms with Gasteiger partial charge in [0.15, 0.2) is 0 Å². The monoisotopic (exact) mass is 1200 g/mol. The topological polar surface area (TPSA) is 111 Å². The summed E-state index contributed by atoms with van der Waals surface area (Å²) in [6.45, 7) is 6.85. The largest absolute Gasteiger partial charge is 0.472 e. The number of quaternary nitrogens is 1. The van der Waals surface area contributed by atoms with Crippen LogP contribution in [0.1, 0.15) is 290 Å². The predicted octanol–water partition coefficient (Wildman–Crippen LogP) is 22.2. The van der Waals surface area contributed by atoms with Crippen LogP contribution in [0.4, 0.5) is 0 Å². The molecule has 85 heavy (non-hydrogen) atoms. The Bertz CT molecular complexity index is 1870. The molecule has 9 nitrogen and oxygen atoms in total. The summed E-state index contributed by atoms with van der Waals surface area (Å²) >= 11 is 0. The third-order valence-corrected chi connectivity index (χ3v) is 15.9. The van der Waals surface area contributed by atoms with Crippen LogP contribution >= 0.6 is 7.82 Å². The summed E-state index contributed by atoms with van der Waals surface area (Å²) in [5.74, 6) is -0.534. The molecular formula is C75H132N2O7P+. The summed E-state index contributed by atoms with van der Waals surface area (Å²) in [5.41, 5.74) is 0. The molecule has 0 aromatic carbocycles. The van der Waals surface area contributed by atoms with E-state index in [-0.39, 0.29) is 31.5 Å². The molecule has 3 atom stereocenters. The third kappa shape index (κ3) is 64.7. The molecule has 2 N–H and O–H groups in total. The van der Waals surface area contributed by atoms with E-state index in [1.54, 1.807) is 0 Å². The van der Waals surface area contributed by atoms with Gasteiger partial charge in [-0.25, -0.2) is 4.57 Å². The number of nitrogens with one attached hydrogen (secondary N) is 1. The highest BCUT2D eigenvalue weighted by atomic mass is 31.2. The maximum Gasteiger partial charge on any atom is 0.472 e. The average molecular weight is 1200 g/mol. The Kier molecular flexibility index (Phi) is 60.8. The number of carbonyl (C=O) groups excluding carboxylic acids is 2. The van der Waals surface area contributed by atoms with E-state index in [9.17, 15) is 19.0 Å². The van der Waals surface area contributed by atoms with Crippen LogP contribution in [0.3, 0.4) is 0 Å². The van der Waals surface area contributed by atoms with Crippen molar-refractivity contribution in [2.45, 2.75) is 303 Å². The molecule has 0 aliphatic heterocycles. The number of phosphoric ester groups is 1. The number of esters is 1. The first-order valence-corrected chi connectivity index (χ1v) is 36.4. The molecule has 0 aliphatic rings. The zero-order valence-electron chi connectivity index (χ0n) is 55.8. The lowest BCUT2D eigenvalue weighted by Crippen LogP contribution is -2.47. The number of amides is 1. The molecule has 0 aromatic rings. The molecule has 488 valence electrons. The molecule has 1 amide bonds. The Morgan fingerprint density at radius 3 is 1.15 bits per heavy atom. The van der Waals surface area contributed by atoms with Gasteiger partial charge in [0.1, 0.15) is 19.3 Å². The lowest BCUT2D eigenvalue weighted by atomic mass is 10.0. The lowest BCUT2D eigenvalue weighted by molar-refractivity contribution is -0.870. The molecule has 0 heterocycles. The van der Waals surface area contributed by atoms with Crippen molar-refractivity contribution < 1.29 is 37.3 Å². The molecule has 10 heteroatoms. The van der Waals surface area contributed by atoms with Crippen LogP contribution in [0, 0.1) is 0 Å². The van der Waals surface area contributed by atoms with E-state index in [0.717, 1.165) is 128 Å². The van der Waals surface area contributed by atoms with Gasteiger partial charge in [0, 0.05) is 12.8 Å². The van der Waals surface area contributed by atoms with Gasteiger partial charge < -0.3 is 19.4 Å². The molecular weight excluding hydrogens is 1070 g/mol. The van der Waals surface area contributed by atoms with Crippen molar-refractivity contribution in [2.75, 3.05) is 40.9 Å². The van der Waals surface area contributed by atoms with Crippen molar-refractivity contribution in [2.24, 2.45) is 0 Å². The maximum atomic E-state index is 13.6. The standard InChI is InChI=1S/C75H131N2O7P/c1-7-10-13-16-19-22-25-27-29-31-33-35-36-37-38-39-40-42-43-45-47-49-52-55-58-61-64-67-74(78)76-72(71-83-85(80,81)82-70-69-77(4,5)6)73(66-63-60-57-54-51-24-21-18-15-12-9-3)84-75(79)68-65-62-59-56-53-50-48-46-44-41-34-32-30-28-26-23-20-17-14-11-8-2/h11,14,19-20,22-23,27-30,33-35,37-38,41,46,48,63,66,72-73H,7-10,12-13,15-18,21,24-26,31-32,36,39-40,42-45,47,49-62,64-65,67-71H2,1-6H3,(H-,76,78,80,81)/p+1/b14-11-,22-19-,23-20-,29-27-,30-28-,35-33-,38-37-,41-34-,48-46-,66-63-. The van der Waals surface area contributed by atoms with Crippen LogP contribution in [0.5, 0.6) is 0 Å². The number of unbranched alkanes of at least 4 members (excludes halogenated alkanes) is 28. The van der Waals surface area contributed by atoms with E-state index < -0.39 is 20.0 Å². The van der Waals surface area contributed by atoms with Gasteiger partial charge in [0.25, 0.3) is 0 Å². The second-order valence-corrected chi connectivity index (χ2v) is 25.8. The molecule has 3 unspecified atom stereocenters. The SMILES string of the molecule is CC/C=C\C/C=C\C/C=C\C/C=C\C/C=C\CCCCCCCC(=O)OC(/C=C\CCCCCCCCCCC)C(COP(=O)(O)OCC[N+](C)(C)C)NC(=O)CCCCCCCCCCCCC/C=C\C/C=C\C/C=C\C/C=C\CCCCC. The van der Waals surface area contributed by atoms with E-state index in [0.29, 0.717) is 23.9 Å². The van der Waals surface area contributed by atoms with Gasteiger partial charge >= 0.3 is 13.8 Å². The van der Waals surface area contributed by atoms with Gasteiger partial charge in [-0.3, -0.25) is 18.6 Å². The van der Waals surface area contributed by atoms with E-state index in [1.165, 1.54) is 122 Å². The molecule has 0 bridgehead atoms. The fourth-order valence-electron chi connectivity index (χ4n) is 9.54. The summed E-state index contributed by atoms with van der Waals surface area (Å²) in [6, 6.07) is -0.867. The van der Waals surface area contributed by atoms with Crippen molar-refractivity contribution >= 4 is 19.7 Å². The van der Waals surface area contributed by atoms with Gasteiger partial charge in [-0.15, -0.1) is 0 Å². The highest BCUT2D eigenvalue weighted by molar-refractivity contribution is 7.47. The minimum Gasteiger partial charge on any atom is -0.456 e. The third-order valence-electron chi connectivity index (χ3n) is 14.9. The van der Waals surface area contributed by atoms with Crippen LogP contribution in [-0.2, 0) is 27.9 Å². The second kappa shape index (κ2) is 63.4.